The van der Waals surface area contributed by atoms with Crippen molar-refractivity contribution < 1.29 is 9.90 Å². The molecule has 1 aromatic heterocycles. The maximum Gasteiger partial charge on any atom is 0.187 e. The summed E-state index contributed by atoms with van der Waals surface area (Å²) in [5.74, 6) is -1.13. The van der Waals surface area contributed by atoms with Crippen LogP contribution in [0.25, 0.3) is 11.3 Å². The predicted molar refractivity (Wildman–Crippen MR) is 95.7 cm³/mol. The van der Waals surface area contributed by atoms with Gasteiger partial charge in [0, 0.05) is 33.5 Å². The Morgan fingerprint density at radius 3 is 2.67 bits per heavy atom. The molecular weight excluding hydrogens is 344 g/mol. The number of rotatable bonds is 5. The maximum absolute atomic E-state index is 11.0. The van der Waals surface area contributed by atoms with Crippen LogP contribution < -0.4 is 10.4 Å². The molecule has 0 saturated heterocycles. The highest BCUT2D eigenvalue weighted by Gasteiger charge is 2.14. The molecule has 1 heterocycles. The van der Waals surface area contributed by atoms with Crippen LogP contribution >= 0.6 is 22.9 Å². The number of nitrogens with one attached hydrogen (secondary N) is 1. The van der Waals surface area contributed by atoms with E-state index < -0.39 is 5.97 Å². The van der Waals surface area contributed by atoms with E-state index in [1.165, 1.54) is 11.3 Å². The van der Waals surface area contributed by atoms with Crippen LogP contribution in [0.5, 0.6) is 0 Å². The van der Waals surface area contributed by atoms with E-state index in [0.717, 1.165) is 16.8 Å². The van der Waals surface area contributed by atoms with Crippen molar-refractivity contribution in [3.05, 3.63) is 64.0 Å². The van der Waals surface area contributed by atoms with E-state index in [1.54, 1.807) is 12.1 Å². The van der Waals surface area contributed by atoms with Gasteiger partial charge >= 0.3 is 0 Å². The topological polar surface area (TPSA) is 65.0 Å². The van der Waals surface area contributed by atoms with Crippen LogP contribution in [0.3, 0.4) is 0 Å². The van der Waals surface area contributed by atoms with Crippen molar-refractivity contribution in [3.8, 4) is 11.3 Å². The molecule has 0 radical (unpaired) electrons. The molecule has 0 aliphatic heterocycles. The SMILES string of the molecule is Cc1cccc(Nc2nc(-c3ccc(Cl)cc3)c(CC(=O)[O-])s2)c1. The predicted octanol–water partition coefficient (Wildman–Crippen LogP) is 3.81. The number of carboxylic acids is 1. The average molecular weight is 358 g/mol. The number of carbonyl (C=O) groups excluding carboxylic acids is 1. The quantitative estimate of drug-likeness (QED) is 0.754. The summed E-state index contributed by atoms with van der Waals surface area (Å²) in [5, 5.41) is 15.5. The number of carboxylic acid groups (broad SMARTS) is 1. The summed E-state index contributed by atoms with van der Waals surface area (Å²) in [6, 6.07) is 15.1. The number of aromatic nitrogens is 1. The zero-order valence-electron chi connectivity index (χ0n) is 12.9. The fourth-order valence-electron chi connectivity index (χ4n) is 2.34. The van der Waals surface area contributed by atoms with E-state index in [-0.39, 0.29) is 6.42 Å². The van der Waals surface area contributed by atoms with Gasteiger partial charge < -0.3 is 15.2 Å². The molecule has 0 aliphatic rings. The fraction of sp³-hybridized carbons (Fsp3) is 0.111. The summed E-state index contributed by atoms with van der Waals surface area (Å²) in [5.41, 5.74) is 3.50. The molecule has 0 atom stereocenters. The number of anilines is 2. The molecule has 0 fully saturated rings. The van der Waals surface area contributed by atoms with Gasteiger partial charge in [-0.25, -0.2) is 4.98 Å². The van der Waals surface area contributed by atoms with Gasteiger partial charge in [0.2, 0.25) is 0 Å². The first kappa shape index (κ1) is 16.5. The van der Waals surface area contributed by atoms with E-state index in [2.05, 4.69) is 10.3 Å². The van der Waals surface area contributed by atoms with Crippen LogP contribution in [0, 0.1) is 6.92 Å². The molecule has 1 N–H and O–H groups in total. The standard InChI is InChI=1S/C18H15ClN2O2S/c1-11-3-2-4-14(9-11)20-18-21-17(15(24-18)10-16(22)23)12-5-7-13(19)8-6-12/h2-9H,10H2,1H3,(H,20,21)(H,22,23)/p-1. The molecule has 3 rings (SSSR count). The summed E-state index contributed by atoms with van der Waals surface area (Å²) in [6.07, 6.45) is -0.175. The van der Waals surface area contributed by atoms with Crippen LogP contribution in [-0.4, -0.2) is 11.0 Å². The number of aryl methyl sites for hydroxylation is 1. The summed E-state index contributed by atoms with van der Waals surface area (Å²) in [6.45, 7) is 2.01. The lowest BCUT2D eigenvalue weighted by Crippen LogP contribution is -2.24. The Balaban J connectivity index is 1.96. The normalized spacial score (nSPS) is 10.6. The van der Waals surface area contributed by atoms with Crippen LogP contribution in [0.2, 0.25) is 5.02 Å². The highest BCUT2D eigenvalue weighted by atomic mass is 35.5. The monoisotopic (exact) mass is 357 g/mol. The van der Waals surface area contributed by atoms with Crippen molar-refractivity contribution in [2.75, 3.05) is 5.32 Å². The third-order valence-electron chi connectivity index (χ3n) is 3.39. The number of benzene rings is 2. The number of halogens is 1. The Kier molecular flexibility index (Phi) is 4.83. The van der Waals surface area contributed by atoms with Gasteiger partial charge in [-0.3, -0.25) is 0 Å². The Bertz CT molecular complexity index is 875. The zero-order valence-corrected chi connectivity index (χ0v) is 14.4. The first-order valence-corrected chi connectivity index (χ1v) is 8.50. The smallest absolute Gasteiger partial charge is 0.187 e. The molecule has 0 unspecified atom stereocenters. The highest BCUT2D eigenvalue weighted by Crippen LogP contribution is 2.33. The number of aliphatic carboxylic acids is 1. The Hall–Kier alpha value is -2.37. The Labute approximate surface area is 148 Å². The molecular formula is C18H14ClN2O2S-. The average Bonchev–Trinajstić information content (AvgIpc) is 2.89. The van der Waals surface area contributed by atoms with Gasteiger partial charge in [0.05, 0.1) is 5.69 Å². The Morgan fingerprint density at radius 2 is 2.00 bits per heavy atom. The first-order chi connectivity index (χ1) is 11.5. The van der Waals surface area contributed by atoms with Gasteiger partial charge in [0.15, 0.2) is 5.13 Å². The van der Waals surface area contributed by atoms with Crippen molar-refractivity contribution >= 4 is 39.7 Å². The number of hydrogen-bond donors (Lipinski definition) is 1. The van der Waals surface area contributed by atoms with Crippen molar-refractivity contribution in [2.24, 2.45) is 0 Å². The summed E-state index contributed by atoms with van der Waals surface area (Å²) in [4.78, 5) is 16.3. The minimum atomic E-state index is -1.13. The van der Waals surface area contributed by atoms with Crippen molar-refractivity contribution in [1.29, 1.82) is 0 Å². The lowest BCUT2D eigenvalue weighted by molar-refractivity contribution is -0.304. The van der Waals surface area contributed by atoms with Crippen LogP contribution in [0.1, 0.15) is 10.4 Å². The number of hydrogen-bond acceptors (Lipinski definition) is 5. The van der Waals surface area contributed by atoms with Gasteiger partial charge in [-0.2, -0.15) is 0 Å². The lowest BCUT2D eigenvalue weighted by atomic mass is 10.1. The zero-order chi connectivity index (χ0) is 17.1. The van der Waals surface area contributed by atoms with Crippen molar-refractivity contribution in [2.45, 2.75) is 13.3 Å². The van der Waals surface area contributed by atoms with E-state index >= 15 is 0 Å². The minimum Gasteiger partial charge on any atom is -0.550 e. The third kappa shape index (κ3) is 3.93. The second-order valence-electron chi connectivity index (χ2n) is 5.34. The van der Waals surface area contributed by atoms with Gasteiger partial charge in [-0.1, -0.05) is 35.9 Å². The van der Waals surface area contributed by atoms with Gasteiger partial charge in [-0.05, 0) is 36.8 Å². The minimum absolute atomic E-state index is 0.175. The molecule has 0 spiro atoms. The number of nitrogens with zero attached hydrogens (tertiary/aromatic N) is 1. The molecule has 122 valence electrons. The Morgan fingerprint density at radius 1 is 1.25 bits per heavy atom. The molecule has 0 bridgehead atoms. The van der Waals surface area contributed by atoms with E-state index in [4.69, 9.17) is 11.6 Å². The summed E-state index contributed by atoms with van der Waals surface area (Å²) >= 11 is 7.23. The third-order valence-corrected chi connectivity index (χ3v) is 4.61. The fourth-order valence-corrected chi connectivity index (χ4v) is 3.45. The molecule has 0 amide bonds. The highest BCUT2D eigenvalue weighted by molar-refractivity contribution is 7.16. The number of carbonyl (C=O) groups is 1. The molecule has 0 saturated carbocycles. The van der Waals surface area contributed by atoms with Crippen molar-refractivity contribution in [3.63, 3.8) is 0 Å². The second kappa shape index (κ2) is 7.03. The number of thiazole rings is 1. The van der Waals surface area contributed by atoms with Crippen LogP contribution in [-0.2, 0) is 11.2 Å². The summed E-state index contributed by atoms with van der Waals surface area (Å²) < 4.78 is 0. The second-order valence-corrected chi connectivity index (χ2v) is 6.86. The largest absolute Gasteiger partial charge is 0.550 e. The van der Waals surface area contributed by atoms with Crippen LogP contribution in [0.15, 0.2) is 48.5 Å². The lowest BCUT2D eigenvalue weighted by Gasteiger charge is -2.03. The molecule has 3 aromatic rings. The first-order valence-electron chi connectivity index (χ1n) is 7.30. The molecule has 2 aromatic carbocycles. The van der Waals surface area contributed by atoms with E-state index in [9.17, 15) is 9.90 Å². The van der Waals surface area contributed by atoms with Gasteiger partial charge in [0.1, 0.15) is 0 Å². The van der Waals surface area contributed by atoms with Gasteiger partial charge in [-0.15, -0.1) is 11.3 Å². The maximum atomic E-state index is 11.0. The van der Waals surface area contributed by atoms with Crippen molar-refractivity contribution in [1.82, 2.24) is 4.98 Å². The van der Waals surface area contributed by atoms with E-state index in [0.29, 0.717) is 20.7 Å². The van der Waals surface area contributed by atoms with Crippen LogP contribution in [0.4, 0.5) is 10.8 Å². The van der Waals surface area contributed by atoms with Gasteiger partial charge in [0.25, 0.3) is 0 Å². The van der Waals surface area contributed by atoms with E-state index in [1.807, 2.05) is 43.3 Å². The molecule has 6 heteroatoms. The molecule has 4 nitrogen and oxygen atoms in total. The summed E-state index contributed by atoms with van der Waals surface area (Å²) in [7, 11) is 0. The molecule has 24 heavy (non-hydrogen) atoms. The molecule has 0 aliphatic carbocycles.